The Morgan fingerprint density at radius 3 is 2.71 bits per heavy atom. The number of aliphatic hydroxyl groups is 1. The number of nitrogens with zero attached hydrogens (tertiary/aromatic N) is 6. The fraction of sp³-hybridized carbons (Fsp3) is 0.435. The lowest BCUT2D eigenvalue weighted by atomic mass is 9.70. The van der Waals surface area contributed by atoms with Crippen LogP contribution in [0.2, 0.25) is 0 Å². The minimum absolute atomic E-state index is 0.0529. The van der Waals surface area contributed by atoms with E-state index in [9.17, 15) is 5.11 Å². The summed E-state index contributed by atoms with van der Waals surface area (Å²) in [4.78, 5) is 16.0. The van der Waals surface area contributed by atoms with E-state index < -0.39 is 0 Å². The molecule has 1 saturated heterocycles. The Balaban J connectivity index is 1.30. The smallest absolute Gasteiger partial charge is 0.228 e. The first-order chi connectivity index (χ1) is 15.2. The molecular formula is C23H25N7O. The van der Waals surface area contributed by atoms with E-state index in [1.165, 1.54) is 30.4 Å². The van der Waals surface area contributed by atoms with Crippen molar-refractivity contribution in [3.8, 4) is 11.1 Å². The lowest BCUT2D eigenvalue weighted by molar-refractivity contribution is 0.198. The molecule has 1 saturated carbocycles. The molecule has 8 nitrogen and oxygen atoms in total. The van der Waals surface area contributed by atoms with Gasteiger partial charge in [0.25, 0.3) is 0 Å². The Morgan fingerprint density at radius 2 is 1.94 bits per heavy atom. The summed E-state index contributed by atoms with van der Waals surface area (Å²) in [6.07, 6.45) is 12.2. The van der Waals surface area contributed by atoms with Gasteiger partial charge in [0.15, 0.2) is 11.6 Å². The molecule has 6 rings (SSSR count). The van der Waals surface area contributed by atoms with Crippen LogP contribution in [0.15, 0.2) is 36.8 Å². The van der Waals surface area contributed by atoms with Gasteiger partial charge in [-0.15, -0.1) is 10.2 Å². The topological polar surface area (TPSA) is 100.0 Å². The van der Waals surface area contributed by atoms with Gasteiger partial charge in [0.2, 0.25) is 5.95 Å². The van der Waals surface area contributed by atoms with Crippen LogP contribution in [0.25, 0.3) is 11.1 Å². The van der Waals surface area contributed by atoms with Gasteiger partial charge in [0, 0.05) is 42.7 Å². The molecule has 0 unspecified atom stereocenters. The van der Waals surface area contributed by atoms with Crippen LogP contribution in [-0.2, 0) is 5.41 Å². The summed E-state index contributed by atoms with van der Waals surface area (Å²) in [7, 11) is 0. The minimum Gasteiger partial charge on any atom is -0.391 e. The molecule has 0 amide bonds. The number of nitrogens with one attached hydrogen (secondary N) is 1. The zero-order valence-electron chi connectivity index (χ0n) is 17.3. The number of aliphatic hydroxyl groups excluding tert-OH is 1. The van der Waals surface area contributed by atoms with E-state index in [4.69, 9.17) is 4.98 Å². The average Bonchev–Trinajstić information content (AvgIpc) is 3.36. The maximum absolute atomic E-state index is 9.73. The predicted molar refractivity (Wildman–Crippen MR) is 117 cm³/mol. The first-order valence-corrected chi connectivity index (χ1v) is 11.1. The average molecular weight is 416 g/mol. The second-order valence-electron chi connectivity index (χ2n) is 8.81. The zero-order valence-corrected chi connectivity index (χ0v) is 17.3. The van der Waals surface area contributed by atoms with Gasteiger partial charge >= 0.3 is 0 Å². The molecular weight excluding hydrogens is 390 g/mol. The van der Waals surface area contributed by atoms with Crippen molar-refractivity contribution < 1.29 is 5.11 Å². The number of anilines is 3. The molecule has 4 heterocycles. The number of hydrogen-bond donors (Lipinski definition) is 2. The molecule has 1 atom stereocenters. The standard InChI is InChI=1S/C23H25N7O/c31-15-7-11-30(14-15)20-5-4-19(28-29-20)26-22-25-12-17-16-6-10-24-13-18(16)23(21(17)27-22)8-2-1-3-9-23/h4-6,10,12-13,15,31H,1-3,7-9,11,14H2,(H,25,26,27,28)/t15-/m1/s1. The third-order valence-corrected chi connectivity index (χ3v) is 6.95. The highest BCUT2D eigenvalue weighted by Gasteiger charge is 2.45. The van der Waals surface area contributed by atoms with Gasteiger partial charge in [0.05, 0.1) is 11.8 Å². The van der Waals surface area contributed by atoms with Crippen LogP contribution in [0.4, 0.5) is 17.6 Å². The molecule has 3 aromatic heterocycles. The first-order valence-electron chi connectivity index (χ1n) is 11.1. The van der Waals surface area contributed by atoms with Crippen LogP contribution in [0.3, 0.4) is 0 Å². The lowest BCUT2D eigenvalue weighted by Gasteiger charge is -2.34. The summed E-state index contributed by atoms with van der Waals surface area (Å²) in [6, 6.07) is 5.90. The van der Waals surface area contributed by atoms with E-state index in [1.807, 2.05) is 35.6 Å². The molecule has 3 aliphatic rings. The van der Waals surface area contributed by atoms with Crippen molar-refractivity contribution in [1.29, 1.82) is 0 Å². The summed E-state index contributed by atoms with van der Waals surface area (Å²) in [6.45, 7) is 1.40. The molecule has 158 valence electrons. The van der Waals surface area contributed by atoms with Crippen LogP contribution < -0.4 is 10.2 Å². The van der Waals surface area contributed by atoms with E-state index in [0.29, 0.717) is 18.3 Å². The van der Waals surface area contributed by atoms with Gasteiger partial charge in [-0.1, -0.05) is 19.3 Å². The Hall–Kier alpha value is -3.13. The molecule has 2 fully saturated rings. The highest BCUT2D eigenvalue weighted by Crippen LogP contribution is 2.54. The molecule has 2 aliphatic carbocycles. The number of pyridine rings is 1. The van der Waals surface area contributed by atoms with Crippen LogP contribution in [0.1, 0.15) is 49.8 Å². The van der Waals surface area contributed by atoms with Crippen molar-refractivity contribution in [3.05, 3.63) is 48.0 Å². The van der Waals surface area contributed by atoms with Crippen LogP contribution in [0.5, 0.6) is 0 Å². The van der Waals surface area contributed by atoms with Gasteiger partial charge in [-0.25, -0.2) is 9.97 Å². The number of β-amino-alcohol motifs (C(OH)–C–C–N with tert-alkyl or cyclic N) is 1. The SMILES string of the molecule is O[C@@H]1CCN(c2ccc(Nc3ncc4c(n3)C3(CCCCC3)c3cnccc3-4)nn2)C1. The van der Waals surface area contributed by atoms with Crippen molar-refractivity contribution >= 4 is 17.6 Å². The fourth-order valence-corrected chi connectivity index (χ4v) is 5.43. The second-order valence-corrected chi connectivity index (χ2v) is 8.81. The van der Waals surface area contributed by atoms with Gasteiger partial charge in [-0.3, -0.25) is 4.98 Å². The quantitative estimate of drug-likeness (QED) is 0.673. The summed E-state index contributed by atoms with van der Waals surface area (Å²) >= 11 is 0. The Kier molecular flexibility index (Phi) is 4.34. The third kappa shape index (κ3) is 3.05. The van der Waals surface area contributed by atoms with Crippen molar-refractivity contribution in [2.24, 2.45) is 0 Å². The second kappa shape index (κ2) is 7.23. The number of aromatic nitrogens is 5. The maximum Gasteiger partial charge on any atom is 0.228 e. The third-order valence-electron chi connectivity index (χ3n) is 6.95. The zero-order chi connectivity index (χ0) is 20.8. The monoisotopic (exact) mass is 415 g/mol. The Bertz CT molecular complexity index is 1110. The van der Waals surface area contributed by atoms with Gasteiger partial charge in [-0.2, -0.15) is 0 Å². The largest absolute Gasteiger partial charge is 0.391 e. The Labute approximate surface area is 180 Å². The molecule has 2 N–H and O–H groups in total. The molecule has 0 aromatic carbocycles. The van der Waals surface area contributed by atoms with Gasteiger partial charge in [0.1, 0.15) is 0 Å². The van der Waals surface area contributed by atoms with Crippen molar-refractivity contribution in [1.82, 2.24) is 25.1 Å². The van der Waals surface area contributed by atoms with Crippen LogP contribution in [-0.4, -0.2) is 49.4 Å². The van der Waals surface area contributed by atoms with Crippen LogP contribution in [0, 0.1) is 0 Å². The van der Waals surface area contributed by atoms with E-state index >= 15 is 0 Å². The molecule has 0 radical (unpaired) electrons. The van der Waals surface area contributed by atoms with E-state index in [0.717, 1.165) is 42.9 Å². The highest BCUT2D eigenvalue weighted by molar-refractivity contribution is 5.79. The van der Waals surface area contributed by atoms with E-state index in [1.54, 1.807) is 0 Å². The van der Waals surface area contributed by atoms with Crippen LogP contribution >= 0.6 is 0 Å². The molecule has 1 aliphatic heterocycles. The lowest BCUT2D eigenvalue weighted by Crippen LogP contribution is -2.29. The number of fused-ring (bicyclic) bond motifs is 5. The minimum atomic E-state index is -0.286. The van der Waals surface area contributed by atoms with E-state index in [2.05, 4.69) is 31.5 Å². The fourth-order valence-electron chi connectivity index (χ4n) is 5.43. The number of hydrogen-bond acceptors (Lipinski definition) is 8. The first kappa shape index (κ1) is 18.6. The summed E-state index contributed by atoms with van der Waals surface area (Å²) in [5.74, 6) is 1.93. The van der Waals surface area contributed by atoms with Crippen molar-refractivity contribution in [3.63, 3.8) is 0 Å². The van der Waals surface area contributed by atoms with Gasteiger partial charge in [-0.05, 0) is 48.6 Å². The number of rotatable bonds is 3. The van der Waals surface area contributed by atoms with Crippen molar-refractivity contribution in [2.45, 2.75) is 50.0 Å². The molecule has 1 spiro atoms. The molecule has 8 heteroatoms. The maximum atomic E-state index is 9.73. The molecule has 0 bridgehead atoms. The normalized spacial score (nSPS) is 21.2. The van der Waals surface area contributed by atoms with Gasteiger partial charge < -0.3 is 15.3 Å². The van der Waals surface area contributed by atoms with E-state index in [-0.39, 0.29) is 11.5 Å². The molecule has 31 heavy (non-hydrogen) atoms. The molecule has 3 aromatic rings. The highest BCUT2D eigenvalue weighted by atomic mass is 16.3. The summed E-state index contributed by atoms with van der Waals surface area (Å²) in [5.41, 5.74) is 4.70. The summed E-state index contributed by atoms with van der Waals surface area (Å²) < 4.78 is 0. The predicted octanol–water partition coefficient (Wildman–Crippen LogP) is 3.21. The summed E-state index contributed by atoms with van der Waals surface area (Å²) in [5, 5.41) is 21.6. The Morgan fingerprint density at radius 1 is 1.03 bits per heavy atom. The van der Waals surface area contributed by atoms with Crippen molar-refractivity contribution in [2.75, 3.05) is 23.3 Å².